The lowest BCUT2D eigenvalue weighted by atomic mass is 9.87. The van der Waals surface area contributed by atoms with Crippen molar-refractivity contribution in [1.82, 2.24) is 5.32 Å². The van der Waals surface area contributed by atoms with Gasteiger partial charge in [-0.25, -0.2) is 0 Å². The Bertz CT molecular complexity index is 142. The third kappa shape index (κ3) is 3.56. The van der Waals surface area contributed by atoms with Crippen LogP contribution in [0, 0.1) is 0 Å². The van der Waals surface area contributed by atoms with E-state index >= 15 is 0 Å². The summed E-state index contributed by atoms with van der Waals surface area (Å²) in [6.45, 7) is 5.20. The summed E-state index contributed by atoms with van der Waals surface area (Å²) in [6.07, 6.45) is 5.28. The van der Waals surface area contributed by atoms with Crippen LogP contribution in [0.1, 0.15) is 39.0 Å². The summed E-state index contributed by atoms with van der Waals surface area (Å²) in [7, 11) is 0. The molecular weight excluding hydrogens is 178 g/mol. The number of aliphatic hydroxyl groups is 1. The SMILES string of the molecule is CCCNC1(CCO)CCCOCC1. The largest absolute Gasteiger partial charge is 0.396 e. The molecule has 0 aromatic carbocycles. The lowest BCUT2D eigenvalue weighted by molar-refractivity contribution is 0.130. The maximum Gasteiger partial charge on any atom is 0.0483 e. The highest BCUT2D eigenvalue weighted by molar-refractivity contribution is 4.88. The third-order valence-electron chi connectivity index (χ3n) is 3.01. The van der Waals surface area contributed by atoms with Crippen LogP contribution in [0.25, 0.3) is 0 Å². The second-order valence-electron chi connectivity index (χ2n) is 4.15. The average Bonchev–Trinajstić information content (AvgIpc) is 2.42. The fraction of sp³-hybridized carbons (Fsp3) is 1.00. The molecule has 1 fully saturated rings. The summed E-state index contributed by atoms with van der Waals surface area (Å²) in [4.78, 5) is 0. The van der Waals surface area contributed by atoms with Crippen molar-refractivity contribution < 1.29 is 9.84 Å². The third-order valence-corrected chi connectivity index (χ3v) is 3.01. The van der Waals surface area contributed by atoms with E-state index in [1.165, 1.54) is 0 Å². The van der Waals surface area contributed by atoms with Gasteiger partial charge in [-0.3, -0.25) is 0 Å². The fourth-order valence-electron chi connectivity index (χ4n) is 2.13. The summed E-state index contributed by atoms with van der Waals surface area (Å²) in [5.41, 5.74) is 0.140. The normalized spacial score (nSPS) is 28.7. The minimum Gasteiger partial charge on any atom is -0.396 e. The molecule has 0 saturated carbocycles. The van der Waals surface area contributed by atoms with Crippen LogP contribution in [0.15, 0.2) is 0 Å². The minimum atomic E-state index is 0.140. The van der Waals surface area contributed by atoms with Crippen molar-refractivity contribution in [3.63, 3.8) is 0 Å². The van der Waals surface area contributed by atoms with Crippen molar-refractivity contribution in [3.05, 3.63) is 0 Å². The molecule has 0 aromatic heterocycles. The summed E-state index contributed by atoms with van der Waals surface area (Å²) in [6, 6.07) is 0. The van der Waals surface area contributed by atoms with Crippen LogP contribution in [-0.2, 0) is 4.74 Å². The Morgan fingerprint density at radius 3 is 2.93 bits per heavy atom. The molecule has 0 amide bonds. The van der Waals surface area contributed by atoms with E-state index in [9.17, 15) is 0 Å². The van der Waals surface area contributed by atoms with Gasteiger partial charge in [0.05, 0.1) is 0 Å². The first-order valence-corrected chi connectivity index (χ1v) is 5.76. The van der Waals surface area contributed by atoms with Gasteiger partial charge in [-0.05, 0) is 38.6 Å². The standard InChI is InChI=1S/C11H23NO2/c1-2-7-12-11(5-8-13)4-3-9-14-10-6-11/h12-13H,2-10H2,1H3. The number of hydrogen-bond donors (Lipinski definition) is 2. The zero-order chi connectivity index (χ0) is 10.3. The summed E-state index contributed by atoms with van der Waals surface area (Å²) in [5.74, 6) is 0. The van der Waals surface area contributed by atoms with Crippen LogP contribution in [-0.4, -0.2) is 37.0 Å². The Morgan fingerprint density at radius 1 is 1.36 bits per heavy atom. The molecule has 0 spiro atoms. The van der Waals surface area contributed by atoms with Gasteiger partial charge in [-0.1, -0.05) is 6.92 Å². The molecule has 0 radical (unpaired) electrons. The van der Waals surface area contributed by atoms with Gasteiger partial charge in [-0.2, -0.15) is 0 Å². The zero-order valence-corrected chi connectivity index (χ0v) is 9.22. The van der Waals surface area contributed by atoms with Crippen molar-refractivity contribution >= 4 is 0 Å². The van der Waals surface area contributed by atoms with Gasteiger partial charge in [0.15, 0.2) is 0 Å². The van der Waals surface area contributed by atoms with Crippen LogP contribution in [0.3, 0.4) is 0 Å². The Hall–Kier alpha value is -0.120. The predicted octanol–water partition coefficient (Wildman–Crippen LogP) is 1.31. The molecule has 0 bridgehead atoms. The average molecular weight is 201 g/mol. The van der Waals surface area contributed by atoms with E-state index in [1.54, 1.807) is 0 Å². The van der Waals surface area contributed by atoms with Crippen molar-refractivity contribution in [2.75, 3.05) is 26.4 Å². The van der Waals surface area contributed by atoms with Gasteiger partial charge in [0.1, 0.15) is 0 Å². The van der Waals surface area contributed by atoms with Crippen molar-refractivity contribution in [1.29, 1.82) is 0 Å². The van der Waals surface area contributed by atoms with Gasteiger partial charge < -0.3 is 15.2 Å². The molecule has 0 aromatic rings. The van der Waals surface area contributed by atoms with Gasteiger partial charge in [0, 0.05) is 25.4 Å². The number of ether oxygens (including phenoxy) is 1. The highest BCUT2D eigenvalue weighted by atomic mass is 16.5. The van der Waals surface area contributed by atoms with E-state index < -0.39 is 0 Å². The van der Waals surface area contributed by atoms with Crippen LogP contribution in [0.4, 0.5) is 0 Å². The number of aliphatic hydroxyl groups excluding tert-OH is 1. The molecular formula is C11H23NO2. The van der Waals surface area contributed by atoms with Gasteiger partial charge >= 0.3 is 0 Å². The van der Waals surface area contributed by atoms with E-state index in [4.69, 9.17) is 9.84 Å². The molecule has 3 nitrogen and oxygen atoms in total. The van der Waals surface area contributed by atoms with E-state index in [-0.39, 0.29) is 12.1 Å². The van der Waals surface area contributed by atoms with Crippen LogP contribution in [0.2, 0.25) is 0 Å². The van der Waals surface area contributed by atoms with E-state index in [0.29, 0.717) is 0 Å². The number of hydrogen-bond acceptors (Lipinski definition) is 3. The molecule has 14 heavy (non-hydrogen) atoms. The maximum absolute atomic E-state index is 9.09. The van der Waals surface area contributed by atoms with Crippen molar-refractivity contribution in [2.45, 2.75) is 44.6 Å². The molecule has 0 aliphatic carbocycles. The molecule has 3 heteroatoms. The Morgan fingerprint density at radius 2 is 2.21 bits per heavy atom. The highest BCUT2D eigenvalue weighted by Crippen LogP contribution is 2.24. The van der Waals surface area contributed by atoms with E-state index in [0.717, 1.165) is 51.9 Å². The summed E-state index contributed by atoms with van der Waals surface area (Å²) in [5, 5.41) is 12.7. The van der Waals surface area contributed by atoms with Gasteiger partial charge in [0.25, 0.3) is 0 Å². The number of nitrogens with one attached hydrogen (secondary N) is 1. The molecule has 1 atom stereocenters. The second-order valence-corrected chi connectivity index (χ2v) is 4.15. The van der Waals surface area contributed by atoms with Gasteiger partial charge in [0.2, 0.25) is 0 Å². The van der Waals surface area contributed by atoms with Crippen LogP contribution < -0.4 is 5.32 Å². The lowest BCUT2D eigenvalue weighted by Crippen LogP contribution is -2.46. The summed E-state index contributed by atoms with van der Waals surface area (Å²) >= 11 is 0. The topological polar surface area (TPSA) is 41.5 Å². The van der Waals surface area contributed by atoms with E-state index in [2.05, 4.69) is 12.2 Å². The van der Waals surface area contributed by atoms with Crippen molar-refractivity contribution in [3.8, 4) is 0 Å². The Balaban J connectivity index is 2.48. The second kappa shape index (κ2) is 6.38. The monoisotopic (exact) mass is 201 g/mol. The molecule has 84 valence electrons. The minimum absolute atomic E-state index is 0.140. The zero-order valence-electron chi connectivity index (χ0n) is 9.22. The molecule has 1 heterocycles. The number of rotatable bonds is 5. The molecule has 1 aliphatic rings. The van der Waals surface area contributed by atoms with Crippen molar-refractivity contribution in [2.24, 2.45) is 0 Å². The highest BCUT2D eigenvalue weighted by Gasteiger charge is 2.29. The summed E-state index contributed by atoms with van der Waals surface area (Å²) < 4.78 is 5.45. The fourth-order valence-corrected chi connectivity index (χ4v) is 2.13. The van der Waals surface area contributed by atoms with E-state index in [1.807, 2.05) is 0 Å². The molecule has 2 N–H and O–H groups in total. The predicted molar refractivity (Wildman–Crippen MR) is 57.4 cm³/mol. The lowest BCUT2D eigenvalue weighted by Gasteiger charge is -2.33. The molecule has 1 rings (SSSR count). The first-order chi connectivity index (χ1) is 6.83. The first kappa shape index (κ1) is 12.0. The van der Waals surface area contributed by atoms with Gasteiger partial charge in [-0.15, -0.1) is 0 Å². The maximum atomic E-state index is 9.09. The Labute approximate surface area is 86.8 Å². The van der Waals surface area contributed by atoms with Crippen LogP contribution >= 0.6 is 0 Å². The molecule has 1 saturated heterocycles. The van der Waals surface area contributed by atoms with Crippen LogP contribution in [0.5, 0.6) is 0 Å². The quantitative estimate of drug-likeness (QED) is 0.704. The first-order valence-electron chi connectivity index (χ1n) is 5.76. The molecule has 1 unspecified atom stereocenters. The molecule has 1 aliphatic heterocycles. The smallest absolute Gasteiger partial charge is 0.0483 e. The Kier molecular flexibility index (Phi) is 5.45.